The molecular formula is C17H20N2O. The number of nitrogens with one attached hydrogen (secondary N) is 1. The Morgan fingerprint density at radius 1 is 1.15 bits per heavy atom. The van der Waals surface area contributed by atoms with Crippen LogP contribution in [0.1, 0.15) is 26.3 Å². The van der Waals surface area contributed by atoms with E-state index < -0.39 is 0 Å². The Balaban J connectivity index is 2.13. The molecule has 0 radical (unpaired) electrons. The molecule has 0 fully saturated rings. The Labute approximate surface area is 119 Å². The Morgan fingerprint density at radius 2 is 1.85 bits per heavy atom. The van der Waals surface area contributed by atoms with E-state index in [2.05, 4.69) is 36.5 Å². The molecule has 104 valence electrons. The molecule has 0 aromatic heterocycles. The first-order valence-corrected chi connectivity index (χ1v) is 6.87. The summed E-state index contributed by atoms with van der Waals surface area (Å²) in [6.45, 7) is 6.02. The highest BCUT2D eigenvalue weighted by Crippen LogP contribution is 2.18. The molecule has 0 aliphatic heterocycles. The highest BCUT2D eigenvalue weighted by molar-refractivity contribution is 5.91. The summed E-state index contributed by atoms with van der Waals surface area (Å²) in [6, 6.07) is 14.1. The van der Waals surface area contributed by atoms with Gasteiger partial charge in [-0.25, -0.2) is 5.43 Å². The van der Waals surface area contributed by atoms with Crippen LogP contribution in [0.3, 0.4) is 0 Å². The fraction of sp³-hybridized carbons (Fsp3) is 0.294. The van der Waals surface area contributed by atoms with Crippen LogP contribution in [-0.4, -0.2) is 11.6 Å². The van der Waals surface area contributed by atoms with Gasteiger partial charge in [0.05, 0.1) is 6.42 Å². The minimum Gasteiger partial charge on any atom is -0.273 e. The van der Waals surface area contributed by atoms with E-state index >= 15 is 0 Å². The lowest BCUT2D eigenvalue weighted by molar-refractivity contribution is -0.120. The molecule has 1 amide bonds. The number of hydrazone groups is 1. The molecule has 0 aliphatic rings. The average Bonchev–Trinajstić information content (AvgIpc) is 2.45. The zero-order valence-electron chi connectivity index (χ0n) is 12.2. The minimum atomic E-state index is -0.0821. The summed E-state index contributed by atoms with van der Waals surface area (Å²) in [4.78, 5) is 12.0. The van der Waals surface area contributed by atoms with Crippen molar-refractivity contribution in [2.75, 3.05) is 0 Å². The second kappa shape index (κ2) is 6.33. The van der Waals surface area contributed by atoms with Crippen LogP contribution in [0.15, 0.2) is 47.6 Å². The Hall–Kier alpha value is -2.16. The van der Waals surface area contributed by atoms with E-state index in [1.165, 1.54) is 0 Å². The summed E-state index contributed by atoms with van der Waals surface area (Å²) in [7, 11) is 0. The number of amides is 1. The highest BCUT2D eigenvalue weighted by atomic mass is 16.2. The number of fused-ring (bicyclic) bond motifs is 1. The molecule has 0 spiro atoms. The normalized spacial score (nSPS) is 11.9. The number of hydrogen-bond acceptors (Lipinski definition) is 2. The van der Waals surface area contributed by atoms with Crippen LogP contribution in [0.4, 0.5) is 0 Å². The van der Waals surface area contributed by atoms with Crippen LogP contribution in [0.25, 0.3) is 10.8 Å². The molecule has 0 saturated heterocycles. The van der Waals surface area contributed by atoms with E-state index in [-0.39, 0.29) is 5.91 Å². The third-order valence-corrected chi connectivity index (χ3v) is 3.42. The van der Waals surface area contributed by atoms with Gasteiger partial charge < -0.3 is 0 Å². The van der Waals surface area contributed by atoms with Gasteiger partial charge in [0, 0.05) is 5.71 Å². The van der Waals surface area contributed by atoms with Gasteiger partial charge in [0.1, 0.15) is 0 Å². The molecule has 0 saturated carbocycles. The summed E-state index contributed by atoms with van der Waals surface area (Å²) in [5.74, 6) is 0.259. The van der Waals surface area contributed by atoms with Gasteiger partial charge in [0.15, 0.2) is 0 Å². The highest BCUT2D eigenvalue weighted by Gasteiger charge is 2.06. The molecule has 3 heteroatoms. The molecule has 0 bridgehead atoms. The van der Waals surface area contributed by atoms with Crippen LogP contribution >= 0.6 is 0 Å². The molecule has 1 N–H and O–H groups in total. The van der Waals surface area contributed by atoms with Crippen LogP contribution in [0.5, 0.6) is 0 Å². The predicted octanol–water partition coefficient (Wildman–Crippen LogP) is 3.53. The van der Waals surface area contributed by atoms with Gasteiger partial charge in [0.2, 0.25) is 5.91 Å². The number of rotatable bonds is 4. The number of carbonyl (C=O) groups excluding carboxylic acids is 1. The second-order valence-electron chi connectivity index (χ2n) is 5.26. The van der Waals surface area contributed by atoms with Crippen LogP contribution in [-0.2, 0) is 11.2 Å². The van der Waals surface area contributed by atoms with E-state index in [1.807, 2.05) is 37.3 Å². The monoisotopic (exact) mass is 268 g/mol. The third-order valence-electron chi connectivity index (χ3n) is 3.42. The largest absolute Gasteiger partial charge is 0.273 e. The standard InChI is InChI=1S/C17H20N2O/c1-12(2)13(3)18-19-17(20)11-15-9-6-8-14-7-4-5-10-16(14)15/h4-10,12H,11H2,1-3H3,(H,19,20)/b18-13+. The number of benzene rings is 2. The quantitative estimate of drug-likeness (QED) is 0.669. The van der Waals surface area contributed by atoms with Crippen molar-refractivity contribution in [3.05, 3.63) is 48.0 Å². The molecule has 0 atom stereocenters. The van der Waals surface area contributed by atoms with Gasteiger partial charge >= 0.3 is 0 Å². The molecule has 2 aromatic carbocycles. The summed E-state index contributed by atoms with van der Waals surface area (Å²) >= 11 is 0. The molecule has 0 heterocycles. The Bertz CT molecular complexity index is 639. The van der Waals surface area contributed by atoms with Crippen molar-refractivity contribution in [1.29, 1.82) is 0 Å². The lowest BCUT2D eigenvalue weighted by Crippen LogP contribution is -2.22. The van der Waals surface area contributed by atoms with Crippen molar-refractivity contribution in [3.63, 3.8) is 0 Å². The summed E-state index contributed by atoms with van der Waals surface area (Å²) in [5, 5.41) is 6.39. The van der Waals surface area contributed by atoms with Gasteiger partial charge in [-0.3, -0.25) is 4.79 Å². The fourth-order valence-corrected chi connectivity index (χ4v) is 1.94. The molecule has 2 rings (SSSR count). The molecule has 2 aromatic rings. The third kappa shape index (κ3) is 3.44. The van der Waals surface area contributed by atoms with Gasteiger partial charge in [0.25, 0.3) is 0 Å². The molecular weight excluding hydrogens is 248 g/mol. The molecule has 20 heavy (non-hydrogen) atoms. The van der Waals surface area contributed by atoms with Crippen LogP contribution in [0, 0.1) is 5.92 Å². The SMILES string of the molecule is C/C(=N\NC(=O)Cc1cccc2ccccc12)C(C)C. The Kier molecular flexibility index (Phi) is 4.51. The average molecular weight is 268 g/mol. The van der Waals surface area contributed by atoms with E-state index in [1.54, 1.807) is 0 Å². The molecule has 0 unspecified atom stereocenters. The zero-order chi connectivity index (χ0) is 14.5. The summed E-state index contributed by atoms with van der Waals surface area (Å²) in [5.41, 5.74) is 4.58. The first-order valence-electron chi connectivity index (χ1n) is 6.87. The van der Waals surface area contributed by atoms with E-state index in [0.717, 1.165) is 22.0 Å². The Morgan fingerprint density at radius 3 is 2.60 bits per heavy atom. The van der Waals surface area contributed by atoms with Crippen molar-refractivity contribution < 1.29 is 4.79 Å². The maximum Gasteiger partial charge on any atom is 0.244 e. The van der Waals surface area contributed by atoms with Gasteiger partial charge in [-0.2, -0.15) is 5.10 Å². The lowest BCUT2D eigenvalue weighted by atomic mass is 10.0. The number of nitrogens with zero attached hydrogens (tertiary/aromatic N) is 1. The van der Waals surface area contributed by atoms with Crippen molar-refractivity contribution in [2.24, 2.45) is 11.0 Å². The lowest BCUT2D eigenvalue weighted by Gasteiger charge is -2.07. The van der Waals surface area contributed by atoms with E-state index in [0.29, 0.717) is 12.3 Å². The van der Waals surface area contributed by atoms with Crippen molar-refractivity contribution in [3.8, 4) is 0 Å². The second-order valence-corrected chi connectivity index (χ2v) is 5.26. The minimum absolute atomic E-state index is 0.0821. The first-order chi connectivity index (χ1) is 9.58. The zero-order valence-corrected chi connectivity index (χ0v) is 12.2. The van der Waals surface area contributed by atoms with Gasteiger partial charge in [-0.15, -0.1) is 0 Å². The maximum atomic E-state index is 12.0. The van der Waals surface area contributed by atoms with Crippen molar-refractivity contribution >= 4 is 22.4 Å². The summed E-state index contributed by atoms with van der Waals surface area (Å²) < 4.78 is 0. The van der Waals surface area contributed by atoms with Gasteiger partial charge in [-0.1, -0.05) is 56.3 Å². The smallest absolute Gasteiger partial charge is 0.244 e. The number of hydrogen-bond donors (Lipinski definition) is 1. The van der Waals surface area contributed by atoms with E-state index in [9.17, 15) is 4.79 Å². The van der Waals surface area contributed by atoms with Crippen LogP contribution < -0.4 is 5.43 Å². The summed E-state index contributed by atoms with van der Waals surface area (Å²) in [6.07, 6.45) is 0.343. The van der Waals surface area contributed by atoms with Crippen molar-refractivity contribution in [1.82, 2.24) is 5.43 Å². The van der Waals surface area contributed by atoms with Crippen LogP contribution in [0.2, 0.25) is 0 Å². The molecule has 0 aliphatic carbocycles. The number of carbonyl (C=O) groups is 1. The van der Waals surface area contributed by atoms with E-state index in [4.69, 9.17) is 0 Å². The van der Waals surface area contributed by atoms with Crippen molar-refractivity contribution in [2.45, 2.75) is 27.2 Å². The predicted molar refractivity (Wildman–Crippen MR) is 83.7 cm³/mol. The fourth-order valence-electron chi connectivity index (χ4n) is 1.94. The molecule has 3 nitrogen and oxygen atoms in total. The van der Waals surface area contributed by atoms with Gasteiger partial charge in [-0.05, 0) is 29.2 Å². The first kappa shape index (κ1) is 14.3. The maximum absolute atomic E-state index is 12.0. The topological polar surface area (TPSA) is 41.5 Å².